The van der Waals surface area contributed by atoms with Crippen LogP contribution in [0.2, 0.25) is 0 Å². The van der Waals surface area contributed by atoms with Crippen molar-refractivity contribution in [1.29, 1.82) is 0 Å². The Morgan fingerprint density at radius 3 is 2.71 bits per heavy atom. The van der Waals surface area contributed by atoms with Gasteiger partial charge in [0.2, 0.25) is 0 Å². The molecule has 0 aromatic heterocycles. The van der Waals surface area contributed by atoms with Crippen molar-refractivity contribution < 1.29 is 9.47 Å². The summed E-state index contributed by atoms with van der Waals surface area (Å²) in [5, 5.41) is 3.70. The maximum atomic E-state index is 5.44. The van der Waals surface area contributed by atoms with Crippen molar-refractivity contribution in [2.24, 2.45) is 5.92 Å². The van der Waals surface area contributed by atoms with E-state index < -0.39 is 0 Å². The lowest BCUT2D eigenvalue weighted by Crippen LogP contribution is -2.39. The van der Waals surface area contributed by atoms with Crippen LogP contribution in [0.3, 0.4) is 0 Å². The van der Waals surface area contributed by atoms with E-state index in [-0.39, 0.29) is 0 Å². The molecule has 0 bridgehead atoms. The summed E-state index contributed by atoms with van der Waals surface area (Å²) < 4.78 is 10.9. The summed E-state index contributed by atoms with van der Waals surface area (Å²) in [6, 6.07) is 0.666. The standard InChI is InChI=1S/C14H29NO2/c1-3-9-15-14(6-5-10-16-4-2)13-7-11-17-12-8-13/h13-15H,3-12H2,1-2H3. The summed E-state index contributed by atoms with van der Waals surface area (Å²) in [7, 11) is 0. The van der Waals surface area contributed by atoms with Crippen LogP contribution in [-0.2, 0) is 9.47 Å². The molecular weight excluding hydrogens is 214 g/mol. The molecule has 1 heterocycles. The van der Waals surface area contributed by atoms with Crippen LogP contribution in [0.15, 0.2) is 0 Å². The van der Waals surface area contributed by atoms with Gasteiger partial charge in [-0.3, -0.25) is 0 Å². The van der Waals surface area contributed by atoms with Crippen LogP contribution < -0.4 is 5.32 Å². The van der Waals surface area contributed by atoms with Gasteiger partial charge in [-0.25, -0.2) is 0 Å². The Kier molecular flexibility index (Phi) is 8.67. The number of hydrogen-bond donors (Lipinski definition) is 1. The van der Waals surface area contributed by atoms with Crippen LogP contribution in [0.5, 0.6) is 0 Å². The zero-order chi connectivity index (χ0) is 12.3. The van der Waals surface area contributed by atoms with Gasteiger partial charge in [0, 0.05) is 32.5 Å². The molecule has 1 aliphatic heterocycles. The van der Waals surface area contributed by atoms with Gasteiger partial charge in [-0.05, 0) is 51.5 Å². The van der Waals surface area contributed by atoms with E-state index in [0.29, 0.717) is 6.04 Å². The molecule has 0 saturated carbocycles. The molecular formula is C14H29NO2. The van der Waals surface area contributed by atoms with Gasteiger partial charge in [-0.15, -0.1) is 0 Å². The molecule has 3 nitrogen and oxygen atoms in total. The SMILES string of the molecule is CCCNC(CCCOCC)C1CCOCC1. The summed E-state index contributed by atoms with van der Waals surface area (Å²) in [4.78, 5) is 0. The number of ether oxygens (including phenoxy) is 2. The lowest BCUT2D eigenvalue weighted by Gasteiger charge is -2.31. The van der Waals surface area contributed by atoms with Crippen LogP contribution >= 0.6 is 0 Å². The van der Waals surface area contributed by atoms with E-state index in [9.17, 15) is 0 Å². The summed E-state index contributed by atoms with van der Waals surface area (Å²) in [5.41, 5.74) is 0. The van der Waals surface area contributed by atoms with Crippen molar-refractivity contribution >= 4 is 0 Å². The van der Waals surface area contributed by atoms with Crippen LogP contribution in [-0.4, -0.2) is 39.0 Å². The van der Waals surface area contributed by atoms with Gasteiger partial charge in [-0.2, -0.15) is 0 Å². The Labute approximate surface area is 106 Å². The van der Waals surface area contributed by atoms with E-state index in [2.05, 4.69) is 19.2 Å². The smallest absolute Gasteiger partial charge is 0.0469 e. The first-order valence-corrected chi connectivity index (χ1v) is 7.27. The first-order chi connectivity index (χ1) is 8.38. The van der Waals surface area contributed by atoms with E-state index in [4.69, 9.17) is 9.47 Å². The molecule has 102 valence electrons. The highest BCUT2D eigenvalue weighted by molar-refractivity contribution is 4.78. The minimum absolute atomic E-state index is 0.666. The number of hydrogen-bond acceptors (Lipinski definition) is 3. The Bertz CT molecular complexity index is 170. The zero-order valence-corrected chi connectivity index (χ0v) is 11.5. The highest BCUT2D eigenvalue weighted by atomic mass is 16.5. The van der Waals surface area contributed by atoms with Gasteiger partial charge in [0.15, 0.2) is 0 Å². The molecule has 1 atom stereocenters. The van der Waals surface area contributed by atoms with E-state index in [1.54, 1.807) is 0 Å². The van der Waals surface area contributed by atoms with Crippen LogP contribution in [0.25, 0.3) is 0 Å². The fourth-order valence-electron chi connectivity index (χ4n) is 2.50. The van der Waals surface area contributed by atoms with E-state index >= 15 is 0 Å². The van der Waals surface area contributed by atoms with Crippen LogP contribution in [0, 0.1) is 5.92 Å². The van der Waals surface area contributed by atoms with Gasteiger partial charge in [-0.1, -0.05) is 6.92 Å². The minimum atomic E-state index is 0.666. The molecule has 1 aliphatic rings. The maximum absolute atomic E-state index is 5.44. The third-order valence-corrected chi connectivity index (χ3v) is 3.50. The van der Waals surface area contributed by atoms with Crippen molar-refractivity contribution in [3.63, 3.8) is 0 Å². The first-order valence-electron chi connectivity index (χ1n) is 7.27. The second kappa shape index (κ2) is 9.86. The molecule has 1 unspecified atom stereocenters. The summed E-state index contributed by atoms with van der Waals surface area (Å²) >= 11 is 0. The fourth-order valence-corrected chi connectivity index (χ4v) is 2.50. The Hall–Kier alpha value is -0.120. The fraction of sp³-hybridized carbons (Fsp3) is 1.00. The summed E-state index contributed by atoms with van der Waals surface area (Å²) in [5.74, 6) is 0.803. The Morgan fingerprint density at radius 2 is 2.06 bits per heavy atom. The summed E-state index contributed by atoms with van der Waals surface area (Å²) in [6.45, 7) is 9.06. The highest BCUT2D eigenvalue weighted by Crippen LogP contribution is 2.21. The largest absolute Gasteiger partial charge is 0.382 e. The van der Waals surface area contributed by atoms with Gasteiger partial charge in [0.25, 0.3) is 0 Å². The second-order valence-electron chi connectivity index (χ2n) is 4.85. The van der Waals surface area contributed by atoms with E-state index in [0.717, 1.165) is 38.9 Å². The van der Waals surface area contributed by atoms with Crippen molar-refractivity contribution in [2.45, 2.75) is 52.0 Å². The molecule has 0 aromatic carbocycles. The lowest BCUT2D eigenvalue weighted by atomic mass is 9.89. The molecule has 0 aliphatic carbocycles. The quantitative estimate of drug-likeness (QED) is 0.631. The van der Waals surface area contributed by atoms with E-state index in [1.165, 1.54) is 32.1 Å². The topological polar surface area (TPSA) is 30.5 Å². The first kappa shape index (κ1) is 14.9. The van der Waals surface area contributed by atoms with Gasteiger partial charge < -0.3 is 14.8 Å². The molecule has 17 heavy (non-hydrogen) atoms. The number of nitrogens with one attached hydrogen (secondary N) is 1. The van der Waals surface area contributed by atoms with Crippen LogP contribution in [0.1, 0.15) is 46.0 Å². The Morgan fingerprint density at radius 1 is 1.29 bits per heavy atom. The highest BCUT2D eigenvalue weighted by Gasteiger charge is 2.22. The van der Waals surface area contributed by atoms with Crippen molar-refractivity contribution in [2.75, 3.05) is 33.0 Å². The second-order valence-corrected chi connectivity index (χ2v) is 4.85. The molecule has 1 N–H and O–H groups in total. The molecule has 1 saturated heterocycles. The molecule has 0 radical (unpaired) electrons. The van der Waals surface area contributed by atoms with Gasteiger partial charge in [0.1, 0.15) is 0 Å². The number of rotatable bonds is 9. The van der Waals surface area contributed by atoms with Crippen LogP contribution in [0.4, 0.5) is 0 Å². The summed E-state index contributed by atoms with van der Waals surface area (Å²) in [6.07, 6.45) is 6.06. The molecule has 0 spiro atoms. The Balaban J connectivity index is 2.25. The average Bonchev–Trinajstić information content (AvgIpc) is 2.39. The zero-order valence-electron chi connectivity index (χ0n) is 11.5. The molecule has 3 heteroatoms. The molecule has 0 aromatic rings. The predicted molar refractivity (Wildman–Crippen MR) is 71.4 cm³/mol. The average molecular weight is 243 g/mol. The normalized spacial score (nSPS) is 19.4. The molecule has 0 amide bonds. The molecule has 1 fully saturated rings. The third-order valence-electron chi connectivity index (χ3n) is 3.50. The molecule has 1 rings (SSSR count). The minimum Gasteiger partial charge on any atom is -0.382 e. The monoisotopic (exact) mass is 243 g/mol. The van der Waals surface area contributed by atoms with Crippen molar-refractivity contribution in [3.05, 3.63) is 0 Å². The van der Waals surface area contributed by atoms with E-state index in [1.807, 2.05) is 0 Å². The third kappa shape index (κ3) is 6.39. The van der Waals surface area contributed by atoms with Gasteiger partial charge in [0.05, 0.1) is 0 Å². The van der Waals surface area contributed by atoms with Gasteiger partial charge >= 0.3 is 0 Å². The lowest BCUT2D eigenvalue weighted by molar-refractivity contribution is 0.0504. The van der Waals surface area contributed by atoms with Crippen molar-refractivity contribution in [3.8, 4) is 0 Å². The predicted octanol–water partition coefficient (Wildman–Crippen LogP) is 2.60. The maximum Gasteiger partial charge on any atom is 0.0469 e. The van der Waals surface area contributed by atoms with Crippen molar-refractivity contribution in [1.82, 2.24) is 5.32 Å².